The summed E-state index contributed by atoms with van der Waals surface area (Å²) in [4.78, 5) is 15.1. The Labute approximate surface area is 177 Å². The highest BCUT2D eigenvalue weighted by atomic mass is 16.5. The Morgan fingerprint density at radius 3 is 2.20 bits per heavy atom. The lowest BCUT2D eigenvalue weighted by Gasteiger charge is -2.41. The maximum atomic E-state index is 12.9. The van der Waals surface area contributed by atoms with Crippen LogP contribution in [0.2, 0.25) is 0 Å². The van der Waals surface area contributed by atoms with E-state index in [0.29, 0.717) is 11.5 Å². The Morgan fingerprint density at radius 1 is 0.900 bits per heavy atom. The molecule has 3 saturated heterocycles. The lowest BCUT2D eigenvalue weighted by atomic mass is 9.84. The van der Waals surface area contributed by atoms with E-state index in [-0.39, 0.29) is 11.7 Å². The van der Waals surface area contributed by atoms with E-state index in [0.717, 1.165) is 54.1 Å². The van der Waals surface area contributed by atoms with Crippen LogP contribution in [0.15, 0.2) is 42.1 Å². The summed E-state index contributed by atoms with van der Waals surface area (Å²) in [6.45, 7) is 1.88. The highest BCUT2D eigenvalue weighted by Crippen LogP contribution is 2.37. The van der Waals surface area contributed by atoms with E-state index in [1.165, 1.54) is 0 Å². The van der Waals surface area contributed by atoms with Crippen molar-refractivity contribution in [1.29, 1.82) is 0 Å². The molecule has 0 aliphatic carbocycles. The Morgan fingerprint density at radius 2 is 1.60 bits per heavy atom. The van der Waals surface area contributed by atoms with Gasteiger partial charge in [-0.15, -0.1) is 0 Å². The number of carbonyl (C=O) groups is 1. The molecule has 30 heavy (non-hydrogen) atoms. The molecule has 0 N–H and O–H groups in total. The van der Waals surface area contributed by atoms with Gasteiger partial charge in [0.15, 0.2) is 5.78 Å². The second-order valence-electron chi connectivity index (χ2n) is 7.59. The number of ketones is 1. The number of nitrogens with zero attached hydrogens (tertiary/aromatic N) is 1. The van der Waals surface area contributed by atoms with Crippen LogP contribution in [0.4, 0.5) is 0 Å². The van der Waals surface area contributed by atoms with Crippen LogP contribution in [0, 0.1) is 5.92 Å². The molecule has 3 aliphatic heterocycles. The van der Waals surface area contributed by atoms with Gasteiger partial charge in [-0.2, -0.15) is 0 Å². The lowest BCUT2D eigenvalue weighted by Crippen LogP contribution is -2.45. The zero-order valence-electron chi connectivity index (χ0n) is 17.7. The molecule has 0 radical (unpaired) electrons. The third kappa shape index (κ3) is 3.92. The van der Waals surface area contributed by atoms with Crippen molar-refractivity contribution < 1.29 is 19.0 Å². The first kappa shape index (κ1) is 20.1. The predicted molar refractivity (Wildman–Crippen MR) is 119 cm³/mol. The molecule has 5 heteroatoms. The summed E-state index contributed by atoms with van der Waals surface area (Å²) in [6, 6.07) is 11.7. The number of fused-ring (bicyclic) bond motifs is 3. The highest BCUT2D eigenvalue weighted by Gasteiger charge is 2.36. The largest absolute Gasteiger partial charge is 0.497 e. The Kier molecular flexibility index (Phi) is 5.79. The fourth-order valence-corrected chi connectivity index (χ4v) is 4.15. The van der Waals surface area contributed by atoms with Crippen LogP contribution in [0.1, 0.15) is 29.5 Å². The average Bonchev–Trinajstić information content (AvgIpc) is 2.80. The minimum absolute atomic E-state index is 0.156. The van der Waals surface area contributed by atoms with Gasteiger partial charge >= 0.3 is 0 Å². The van der Waals surface area contributed by atoms with Crippen molar-refractivity contribution in [2.45, 2.75) is 12.8 Å². The molecule has 3 fully saturated rings. The van der Waals surface area contributed by atoms with Crippen LogP contribution in [0.5, 0.6) is 17.2 Å². The fraction of sp³-hybridized carbons (Fsp3) is 0.320. The summed E-state index contributed by atoms with van der Waals surface area (Å²) in [5.74, 6) is 2.62. The van der Waals surface area contributed by atoms with Gasteiger partial charge in [0.25, 0.3) is 0 Å². The van der Waals surface area contributed by atoms with Crippen molar-refractivity contribution in [3.05, 3.63) is 58.8 Å². The number of hydrogen-bond acceptors (Lipinski definition) is 5. The van der Waals surface area contributed by atoms with Crippen molar-refractivity contribution >= 4 is 24.0 Å². The van der Waals surface area contributed by atoms with E-state index < -0.39 is 0 Å². The number of piperidine rings is 3. The number of rotatable bonds is 6. The van der Waals surface area contributed by atoms with Gasteiger partial charge in [0.05, 0.1) is 27.0 Å². The maximum Gasteiger partial charge on any atom is 0.182 e. The standard InChI is InChI=1S/C25H27NO4/c1-28-20-8-5-17(6-9-20)4-7-19-14-21(29-2)15-24(30-3)22(19)16-23-25(27)18-10-12-26(23)13-11-18/h4-9,14-16,18H,10-13H2,1-3H3/b7-4+,23-16-. The van der Waals surface area contributed by atoms with Crippen LogP contribution < -0.4 is 14.2 Å². The number of methoxy groups -OCH3 is 3. The zero-order valence-corrected chi connectivity index (χ0v) is 17.7. The Hall–Kier alpha value is -3.21. The minimum Gasteiger partial charge on any atom is -0.497 e. The number of allylic oxidation sites excluding steroid dienone is 1. The third-order valence-corrected chi connectivity index (χ3v) is 5.91. The first-order valence-corrected chi connectivity index (χ1v) is 10.2. The van der Waals surface area contributed by atoms with Crippen molar-refractivity contribution in [1.82, 2.24) is 4.90 Å². The molecule has 2 bridgehead atoms. The van der Waals surface area contributed by atoms with Gasteiger partial charge in [-0.05, 0) is 48.2 Å². The van der Waals surface area contributed by atoms with Crippen LogP contribution in [-0.4, -0.2) is 45.1 Å². The molecule has 5 rings (SSSR count). The van der Waals surface area contributed by atoms with E-state index in [1.54, 1.807) is 21.3 Å². The average molecular weight is 405 g/mol. The summed E-state index contributed by atoms with van der Waals surface area (Å²) in [5.41, 5.74) is 3.66. The van der Waals surface area contributed by atoms with Crippen LogP contribution in [0.25, 0.3) is 18.2 Å². The third-order valence-electron chi connectivity index (χ3n) is 5.91. The predicted octanol–water partition coefficient (Wildman–Crippen LogP) is 4.52. The van der Waals surface area contributed by atoms with Crippen molar-refractivity contribution in [3.8, 4) is 17.2 Å². The molecule has 0 atom stereocenters. The molecule has 0 spiro atoms. The Balaban J connectivity index is 1.76. The monoisotopic (exact) mass is 405 g/mol. The van der Waals surface area contributed by atoms with Crippen molar-refractivity contribution in [2.75, 3.05) is 34.4 Å². The molecule has 156 valence electrons. The van der Waals surface area contributed by atoms with Gasteiger partial charge in [-0.25, -0.2) is 0 Å². The first-order valence-electron chi connectivity index (χ1n) is 10.2. The number of hydrogen-bond donors (Lipinski definition) is 0. The van der Waals surface area contributed by atoms with Crippen LogP contribution >= 0.6 is 0 Å². The maximum absolute atomic E-state index is 12.9. The number of benzene rings is 2. The molecule has 2 aromatic rings. The van der Waals surface area contributed by atoms with Gasteiger partial charge in [0.2, 0.25) is 0 Å². The van der Waals surface area contributed by atoms with Crippen molar-refractivity contribution in [3.63, 3.8) is 0 Å². The SMILES string of the molecule is COc1ccc(/C=C/c2cc(OC)cc(OC)c2/C=C2/C(=O)C3CCN2CC3)cc1. The molecule has 3 heterocycles. The van der Waals surface area contributed by atoms with Gasteiger partial charge in [0, 0.05) is 30.6 Å². The first-order chi connectivity index (χ1) is 14.6. The van der Waals surface area contributed by atoms with E-state index in [9.17, 15) is 4.79 Å². The summed E-state index contributed by atoms with van der Waals surface area (Å²) in [6.07, 6.45) is 7.96. The van der Waals surface area contributed by atoms with E-state index in [2.05, 4.69) is 4.90 Å². The summed E-state index contributed by atoms with van der Waals surface area (Å²) in [5, 5.41) is 0. The van der Waals surface area contributed by atoms with E-state index in [4.69, 9.17) is 14.2 Å². The molecular weight excluding hydrogens is 378 g/mol. The number of ether oxygens (including phenoxy) is 3. The Bertz CT molecular complexity index is 983. The van der Waals surface area contributed by atoms with Crippen molar-refractivity contribution in [2.24, 2.45) is 5.92 Å². The summed E-state index contributed by atoms with van der Waals surface area (Å²) in [7, 11) is 4.93. The quantitative estimate of drug-likeness (QED) is 0.522. The summed E-state index contributed by atoms with van der Waals surface area (Å²) < 4.78 is 16.4. The van der Waals surface area contributed by atoms with E-state index in [1.807, 2.05) is 54.6 Å². The number of carbonyl (C=O) groups excluding carboxylic acids is 1. The smallest absolute Gasteiger partial charge is 0.182 e. The molecular formula is C25H27NO4. The summed E-state index contributed by atoms with van der Waals surface area (Å²) >= 11 is 0. The highest BCUT2D eigenvalue weighted by molar-refractivity contribution is 6.02. The molecule has 0 amide bonds. The minimum atomic E-state index is 0.156. The molecule has 0 saturated carbocycles. The molecule has 3 aliphatic rings. The van der Waals surface area contributed by atoms with E-state index >= 15 is 0 Å². The van der Waals surface area contributed by atoms with Crippen LogP contribution in [-0.2, 0) is 4.79 Å². The topological polar surface area (TPSA) is 48.0 Å². The molecule has 2 aromatic carbocycles. The molecule has 0 aromatic heterocycles. The molecule has 0 unspecified atom stereocenters. The second-order valence-corrected chi connectivity index (χ2v) is 7.59. The van der Waals surface area contributed by atoms with Crippen LogP contribution in [0.3, 0.4) is 0 Å². The molecule has 5 nitrogen and oxygen atoms in total. The van der Waals surface area contributed by atoms with Gasteiger partial charge < -0.3 is 19.1 Å². The number of Topliss-reactive ketones (excluding diaryl/α,β-unsaturated/α-hetero) is 1. The van der Waals surface area contributed by atoms with Gasteiger partial charge in [0.1, 0.15) is 17.2 Å². The zero-order chi connectivity index (χ0) is 21.1. The lowest BCUT2D eigenvalue weighted by molar-refractivity contribution is -0.125. The van der Waals surface area contributed by atoms with Gasteiger partial charge in [-0.3, -0.25) is 4.79 Å². The van der Waals surface area contributed by atoms with Gasteiger partial charge in [-0.1, -0.05) is 24.3 Å². The normalized spacial score (nSPS) is 17.8. The second kappa shape index (κ2) is 8.66. The fourth-order valence-electron chi connectivity index (χ4n) is 4.15.